The van der Waals surface area contributed by atoms with Gasteiger partial charge in [0.2, 0.25) is 0 Å². The number of hydrogen-bond donors (Lipinski definition) is 1. The Morgan fingerprint density at radius 2 is 2.20 bits per heavy atom. The predicted octanol–water partition coefficient (Wildman–Crippen LogP) is 3.85. The van der Waals surface area contributed by atoms with Crippen molar-refractivity contribution < 1.29 is 5.11 Å². The third kappa shape index (κ3) is 1.93. The van der Waals surface area contributed by atoms with E-state index >= 15 is 0 Å². The highest BCUT2D eigenvalue weighted by Gasteiger charge is 2.33. The zero-order chi connectivity index (χ0) is 13.5. The second-order valence-electron chi connectivity index (χ2n) is 6.10. The van der Waals surface area contributed by atoms with E-state index in [1.807, 2.05) is 23.9 Å². The third-order valence-corrected chi connectivity index (χ3v) is 5.95. The van der Waals surface area contributed by atoms with E-state index in [0.717, 1.165) is 6.42 Å². The maximum absolute atomic E-state index is 10.6. The van der Waals surface area contributed by atoms with E-state index in [1.165, 1.54) is 48.2 Å². The number of nitrogens with zero attached hydrogens (tertiary/aromatic N) is 2. The number of aromatic nitrogens is 2. The average molecular weight is 288 g/mol. The van der Waals surface area contributed by atoms with Crippen LogP contribution in [0.3, 0.4) is 0 Å². The first-order valence-corrected chi connectivity index (χ1v) is 8.50. The van der Waals surface area contributed by atoms with Crippen molar-refractivity contribution in [3.05, 3.63) is 28.8 Å². The van der Waals surface area contributed by atoms with Gasteiger partial charge in [0, 0.05) is 10.4 Å². The molecule has 106 valence electrons. The maximum atomic E-state index is 10.6. The summed E-state index contributed by atoms with van der Waals surface area (Å²) in [6, 6.07) is 2.47. The maximum Gasteiger partial charge on any atom is 0.0957 e. The minimum atomic E-state index is -0.177. The first-order chi connectivity index (χ1) is 9.84. The van der Waals surface area contributed by atoms with Crippen LogP contribution in [0.4, 0.5) is 0 Å². The number of aliphatic hydroxyl groups excluding tert-OH is 1. The minimum Gasteiger partial charge on any atom is -0.393 e. The van der Waals surface area contributed by atoms with Crippen LogP contribution in [0.1, 0.15) is 49.4 Å². The molecule has 3 heterocycles. The molecule has 1 aliphatic carbocycles. The molecular formula is C16H20N2OS. The standard InChI is InChI=1S/C16H20N2OS/c19-15(11-4-2-1-3-5-11)8-13-16-12(6-7-20-16)14-9-17-10-18(13)14/h6-7,9-11,13,15,19H,1-5,8H2. The Morgan fingerprint density at radius 3 is 3.05 bits per heavy atom. The summed E-state index contributed by atoms with van der Waals surface area (Å²) in [5.74, 6) is 0.500. The largest absolute Gasteiger partial charge is 0.393 e. The Labute approximate surface area is 123 Å². The summed E-state index contributed by atoms with van der Waals surface area (Å²) >= 11 is 1.81. The van der Waals surface area contributed by atoms with Crippen LogP contribution in [0.2, 0.25) is 0 Å². The molecule has 0 aromatic carbocycles. The van der Waals surface area contributed by atoms with E-state index in [9.17, 15) is 5.11 Å². The second-order valence-corrected chi connectivity index (χ2v) is 7.05. The molecule has 2 atom stereocenters. The van der Waals surface area contributed by atoms with E-state index < -0.39 is 0 Å². The summed E-state index contributed by atoms with van der Waals surface area (Å²) in [5.41, 5.74) is 2.52. The number of fused-ring (bicyclic) bond motifs is 3. The van der Waals surface area contributed by atoms with Gasteiger partial charge in [-0.3, -0.25) is 0 Å². The van der Waals surface area contributed by atoms with Crippen molar-refractivity contribution in [3.63, 3.8) is 0 Å². The van der Waals surface area contributed by atoms with Crippen molar-refractivity contribution >= 4 is 11.3 Å². The summed E-state index contributed by atoms with van der Waals surface area (Å²) in [5, 5.41) is 12.8. The van der Waals surface area contributed by atoms with Gasteiger partial charge in [-0.2, -0.15) is 0 Å². The van der Waals surface area contributed by atoms with Gasteiger partial charge in [0.15, 0.2) is 0 Å². The number of aliphatic hydroxyl groups is 1. The predicted molar refractivity (Wildman–Crippen MR) is 80.9 cm³/mol. The van der Waals surface area contributed by atoms with Gasteiger partial charge in [-0.1, -0.05) is 19.3 Å². The van der Waals surface area contributed by atoms with Crippen LogP contribution in [0.5, 0.6) is 0 Å². The lowest BCUT2D eigenvalue weighted by Gasteiger charge is -2.28. The highest BCUT2D eigenvalue weighted by molar-refractivity contribution is 7.10. The van der Waals surface area contributed by atoms with Crippen molar-refractivity contribution in [1.82, 2.24) is 9.55 Å². The van der Waals surface area contributed by atoms with Crippen LogP contribution < -0.4 is 0 Å². The van der Waals surface area contributed by atoms with Crippen LogP contribution in [0.15, 0.2) is 24.0 Å². The van der Waals surface area contributed by atoms with Crippen LogP contribution >= 0.6 is 11.3 Å². The molecule has 0 spiro atoms. The average Bonchev–Trinajstić information content (AvgIpc) is 3.16. The number of imidazole rings is 1. The fourth-order valence-electron chi connectivity index (χ4n) is 3.84. The van der Waals surface area contributed by atoms with Crippen molar-refractivity contribution in [2.45, 2.75) is 50.7 Å². The molecule has 0 radical (unpaired) electrons. The second kappa shape index (κ2) is 5.01. The SMILES string of the molecule is OC(CC1c2sccc2-c2cncn21)C1CCCCC1. The molecule has 1 saturated carbocycles. The molecule has 2 aromatic rings. The molecule has 1 N–H and O–H groups in total. The monoisotopic (exact) mass is 288 g/mol. The van der Waals surface area contributed by atoms with E-state index in [-0.39, 0.29) is 6.10 Å². The van der Waals surface area contributed by atoms with Crippen LogP contribution in [-0.2, 0) is 0 Å². The molecule has 0 amide bonds. The highest BCUT2D eigenvalue weighted by atomic mass is 32.1. The summed E-state index contributed by atoms with van der Waals surface area (Å²) in [6.07, 6.45) is 10.8. The Balaban J connectivity index is 1.57. The first kappa shape index (κ1) is 12.6. The summed E-state index contributed by atoms with van der Waals surface area (Å²) in [6.45, 7) is 0. The Morgan fingerprint density at radius 1 is 1.35 bits per heavy atom. The molecule has 0 saturated heterocycles. The molecule has 1 fully saturated rings. The molecular weight excluding hydrogens is 268 g/mol. The summed E-state index contributed by atoms with van der Waals surface area (Å²) < 4.78 is 2.24. The van der Waals surface area contributed by atoms with Crippen molar-refractivity contribution in [2.75, 3.05) is 0 Å². The van der Waals surface area contributed by atoms with Gasteiger partial charge in [0.25, 0.3) is 0 Å². The number of hydrogen-bond acceptors (Lipinski definition) is 3. The number of rotatable bonds is 3. The zero-order valence-corrected chi connectivity index (χ0v) is 12.4. The molecule has 20 heavy (non-hydrogen) atoms. The Kier molecular flexibility index (Phi) is 3.15. The third-order valence-electron chi connectivity index (χ3n) is 4.93. The lowest BCUT2D eigenvalue weighted by molar-refractivity contribution is 0.0689. The molecule has 0 bridgehead atoms. The van der Waals surface area contributed by atoms with Gasteiger partial charge in [0.1, 0.15) is 0 Å². The quantitative estimate of drug-likeness (QED) is 0.931. The van der Waals surface area contributed by atoms with E-state index in [1.54, 1.807) is 0 Å². The Bertz CT molecular complexity index is 557. The molecule has 2 aliphatic rings. The van der Waals surface area contributed by atoms with Gasteiger partial charge in [0.05, 0.1) is 30.4 Å². The molecule has 1 aliphatic heterocycles. The minimum absolute atomic E-state index is 0.177. The fraction of sp³-hybridized carbons (Fsp3) is 0.562. The van der Waals surface area contributed by atoms with E-state index in [0.29, 0.717) is 12.0 Å². The first-order valence-electron chi connectivity index (χ1n) is 7.62. The normalized spacial score (nSPS) is 23.6. The van der Waals surface area contributed by atoms with Crippen molar-refractivity contribution in [3.8, 4) is 11.3 Å². The molecule has 2 unspecified atom stereocenters. The smallest absolute Gasteiger partial charge is 0.0957 e. The topological polar surface area (TPSA) is 38.1 Å². The van der Waals surface area contributed by atoms with Crippen molar-refractivity contribution in [2.24, 2.45) is 5.92 Å². The van der Waals surface area contributed by atoms with Crippen LogP contribution in [0, 0.1) is 5.92 Å². The number of thiophene rings is 1. The van der Waals surface area contributed by atoms with Crippen LogP contribution in [-0.4, -0.2) is 20.8 Å². The van der Waals surface area contributed by atoms with Gasteiger partial charge in [-0.25, -0.2) is 4.98 Å². The van der Waals surface area contributed by atoms with Gasteiger partial charge >= 0.3 is 0 Å². The van der Waals surface area contributed by atoms with Crippen molar-refractivity contribution in [1.29, 1.82) is 0 Å². The van der Waals surface area contributed by atoms with E-state index in [2.05, 4.69) is 21.0 Å². The Hall–Kier alpha value is -1.13. The summed E-state index contributed by atoms with van der Waals surface area (Å²) in [4.78, 5) is 5.68. The molecule has 4 heteroatoms. The zero-order valence-electron chi connectivity index (χ0n) is 11.5. The molecule has 2 aromatic heterocycles. The molecule has 3 nitrogen and oxygen atoms in total. The molecule has 4 rings (SSSR count). The summed E-state index contributed by atoms with van der Waals surface area (Å²) in [7, 11) is 0. The fourth-order valence-corrected chi connectivity index (χ4v) is 4.86. The van der Waals surface area contributed by atoms with Gasteiger partial charge in [-0.05, 0) is 36.6 Å². The van der Waals surface area contributed by atoms with Gasteiger partial charge in [-0.15, -0.1) is 11.3 Å². The van der Waals surface area contributed by atoms with Crippen LogP contribution in [0.25, 0.3) is 11.3 Å². The lowest BCUT2D eigenvalue weighted by Crippen LogP contribution is -2.26. The van der Waals surface area contributed by atoms with Gasteiger partial charge < -0.3 is 9.67 Å². The van der Waals surface area contributed by atoms with E-state index in [4.69, 9.17) is 0 Å². The highest BCUT2D eigenvalue weighted by Crippen LogP contribution is 2.45. The lowest BCUT2D eigenvalue weighted by atomic mass is 9.83.